The van der Waals surface area contributed by atoms with E-state index >= 15 is 0 Å². The molecule has 2 amide bonds. The highest BCUT2D eigenvalue weighted by atomic mass is 16.6. The zero-order valence-electron chi connectivity index (χ0n) is 12.4. The van der Waals surface area contributed by atoms with E-state index < -0.39 is 0 Å². The number of hydrogen-bond donors (Lipinski definition) is 1. The lowest BCUT2D eigenvalue weighted by Crippen LogP contribution is -2.35. The standard InChI is InChI=1S/C16H20N2O3/c1-10-5-11(2)7-13(6-10)18-9-14(21-16(18)20)8-17-15(19)12-3-4-12/h5-7,12,14H,3-4,8-9H2,1-2H3,(H,17,19). The molecule has 1 aromatic rings. The van der Waals surface area contributed by atoms with E-state index in [0.717, 1.165) is 29.7 Å². The summed E-state index contributed by atoms with van der Waals surface area (Å²) in [4.78, 5) is 25.2. The van der Waals surface area contributed by atoms with Crippen LogP contribution in [-0.2, 0) is 9.53 Å². The summed E-state index contributed by atoms with van der Waals surface area (Å²) in [5.41, 5.74) is 3.08. The molecule has 1 saturated heterocycles. The van der Waals surface area contributed by atoms with Crippen LogP contribution in [0.1, 0.15) is 24.0 Å². The van der Waals surface area contributed by atoms with Crippen molar-refractivity contribution in [3.8, 4) is 0 Å². The predicted molar refractivity (Wildman–Crippen MR) is 79.3 cm³/mol. The lowest BCUT2D eigenvalue weighted by molar-refractivity contribution is -0.122. The van der Waals surface area contributed by atoms with Crippen molar-refractivity contribution < 1.29 is 14.3 Å². The topological polar surface area (TPSA) is 58.6 Å². The van der Waals surface area contributed by atoms with Crippen LogP contribution >= 0.6 is 0 Å². The third-order valence-electron chi connectivity index (χ3n) is 3.84. The first-order valence-corrected chi connectivity index (χ1v) is 7.37. The molecule has 0 bridgehead atoms. The highest BCUT2D eigenvalue weighted by molar-refractivity contribution is 5.90. The summed E-state index contributed by atoms with van der Waals surface area (Å²) >= 11 is 0. The van der Waals surface area contributed by atoms with Gasteiger partial charge >= 0.3 is 6.09 Å². The van der Waals surface area contributed by atoms with Gasteiger partial charge in [0.05, 0.1) is 13.1 Å². The molecule has 112 valence electrons. The molecule has 1 aliphatic heterocycles. The van der Waals surface area contributed by atoms with Crippen LogP contribution in [0, 0.1) is 19.8 Å². The van der Waals surface area contributed by atoms with E-state index in [-0.39, 0.29) is 24.0 Å². The Hall–Kier alpha value is -2.04. The molecule has 21 heavy (non-hydrogen) atoms. The molecule has 1 atom stereocenters. The minimum absolute atomic E-state index is 0.0795. The number of cyclic esters (lactones) is 1. The molecule has 5 heteroatoms. The molecule has 1 heterocycles. The summed E-state index contributed by atoms with van der Waals surface area (Å²) in [6.45, 7) is 4.88. The van der Waals surface area contributed by atoms with E-state index in [4.69, 9.17) is 4.74 Å². The SMILES string of the molecule is Cc1cc(C)cc(N2CC(CNC(=O)C3CC3)OC2=O)c1. The second-order valence-electron chi connectivity index (χ2n) is 5.98. The lowest BCUT2D eigenvalue weighted by Gasteiger charge is -2.14. The molecule has 0 spiro atoms. The Morgan fingerprint density at radius 1 is 1.29 bits per heavy atom. The van der Waals surface area contributed by atoms with Crippen LogP contribution in [0.2, 0.25) is 0 Å². The number of anilines is 1. The van der Waals surface area contributed by atoms with Crippen molar-refractivity contribution in [2.75, 3.05) is 18.0 Å². The van der Waals surface area contributed by atoms with Gasteiger partial charge in [0.15, 0.2) is 0 Å². The molecule has 2 aliphatic rings. The van der Waals surface area contributed by atoms with Gasteiger partial charge in [-0.25, -0.2) is 4.79 Å². The summed E-state index contributed by atoms with van der Waals surface area (Å²) in [5.74, 6) is 0.258. The number of carbonyl (C=O) groups excluding carboxylic acids is 2. The molecule has 1 aliphatic carbocycles. The Balaban J connectivity index is 1.62. The maximum absolute atomic E-state index is 12.0. The van der Waals surface area contributed by atoms with Crippen molar-refractivity contribution in [2.24, 2.45) is 5.92 Å². The molecule has 5 nitrogen and oxygen atoms in total. The minimum Gasteiger partial charge on any atom is -0.442 e. The van der Waals surface area contributed by atoms with E-state index in [1.165, 1.54) is 0 Å². The average Bonchev–Trinajstić information content (AvgIpc) is 3.19. The first-order chi connectivity index (χ1) is 10.0. The number of nitrogens with one attached hydrogen (secondary N) is 1. The van der Waals surface area contributed by atoms with Crippen LogP contribution in [0.3, 0.4) is 0 Å². The van der Waals surface area contributed by atoms with Gasteiger partial charge in [-0.05, 0) is 49.9 Å². The predicted octanol–water partition coefficient (Wildman–Crippen LogP) is 2.15. The first kappa shape index (κ1) is 13.9. The van der Waals surface area contributed by atoms with Crippen molar-refractivity contribution in [2.45, 2.75) is 32.8 Å². The second kappa shape index (κ2) is 5.39. The van der Waals surface area contributed by atoms with Crippen molar-refractivity contribution in [3.05, 3.63) is 29.3 Å². The molecule has 1 unspecified atom stereocenters. The quantitative estimate of drug-likeness (QED) is 0.923. The maximum atomic E-state index is 12.0. The number of hydrogen-bond acceptors (Lipinski definition) is 3. The molecule has 1 aromatic carbocycles. The van der Waals surface area contributed by atoms with Gasteiger partial charge in [-0.3, -0.25) is 9.69 Å². The molecule has 1 N–H and O–H groups in total. The molecule has 1 saturated carbocycles. The number of nitrogens with zero attached hydrogens (tertiary/aromatic N) is 1. The van der Waals surface area contributed by atoms with E-state index in [0.29, 0.717) is 13.1 Å². The van der Waals surface area contributed by atoms with E-state index in [1.54, 1.807) is 4.90 Å². The summed E-state index contributed by atoms with van der Waals surface area (Å²) in [7, 11) is 0. The molecule has 2 fully saturated rings. The summed E-state index contributed by atoms with van der Waals surface area (Å²) in [6.07, 6.45) is 1.34. The normalized spacial score (nSPS) is 21.3. The van der Waals surface area contributed by atoms with Crippen LogP contribution < -0.4 is 10.2 Å². The van der Waals surface area contributed by atoms with E-state index in [2.05, 4.69) is 11.4 Å². The number of aryl methyl sites for hydroxylation is 2. The average molecular weight is 288 g/mol. The number of amides is 2. The number of benzene rings is 1. The lowest BCUT2D eigenvalue weighted by atomic mass is 10.1. The van der Waals surface area contributed by atoms with Crippen LogP contribution in [0.15, 0.2) is 18.2 Å². The van der Waals surface area contributed by atoms with Crippen LogP contribution in [-0.4, -0.2) is 31.2 Å². The Labute approximate surface area is 124 Å². The van der Waals surface area contributed by atoms with Crippen molar-refractivity contribution in [1.29, 1.82) is 0 Å². The van der Waals surface area contributed by atoms with Gasteiger partial charge in [0.25, 0.3) is 0 Å². The summed E-state index contributed by atoms with van der Waals surface area (Å²) in [5, 5.41) is 2.86. The fourth-order valence-electron chi connectivity index (χ4n) is 2.65. The van der Waals surface area contributed by atoms with Crippen molar-refractivity contribution in [1.82, 2.24) is 5.32 Å². The smallest absolute Gasteiger partial charge is 0.414 e. The summed E-state index contributed by atoms with van der Waals surface area (Å²) < 4.78 is 5.33. The number of carbonyl (C=O) groups is 2. The molecular formula is C16H20N2O3. The van der Waals surface area contributed by atoms with Gasteiger partial charge in [-0.2, -0.15) is 0 Å². The van der Waals surface area contributed by atoms with E-state index in [1.807, 2.05) is 26.0 Å². The highest BCUT2D eigenvalue weighted by Gasteiger charge is 2.34. The monoisotopic (exact) mass is 288 g/mol. The Kier molecular flexibility index (Phi) is 3.57. The Morgan fingerprint density at radius 3 is 2.57 bits per heavy atom. The number of rotatable bonds is 4. The maximum Gasteiger partial charge on any atom is 0.414 e. The fraction of sp³-hybridized carbons (Fsp3) is 0.500. The summed E-state index contributed by atoms with van der Waals surface area (Å²) in [6, 6.07) is 6.01. The molecule has 0 aromatic heterocycles. The fourth-order valence-corrected chi connectivity index (χ4v) is 2.65. The Morgan fingerprint density at radius 2 is 1.95 bits per heavy atom. The highest BCUT2D eigenvalue weighted by Crippen LogP contribution is 2.29. The second-order valence-corrected chi connectivity index (χ2v) is 5.98. The molecule has 3 rings (SSSR count). The van der Waals surface area contributed by atoms with Crippen molar-refractivity contribution in [3.63, 3.8) is 0 Å². The van der Waals surface area contributed by atoms with Gasteiger partial charge in [0.1, 0.15) is 6.10 Å². The molecular weight excluding hydrogens is 268 g/mol. The van der Waals surface area contributed by atoms with E-state index in [9.17, 15) is 9.59 Å². The van der Waals surface area contributed by atoms with Gasteiger partial charge < -0.3 is 10.1 Å². The van der Waals surface area contributed by atoms with Crippen LogP contribution in [0.4, 0.5) is 10.5 Å². The van der Waals surface area contributed by atoms with Gasteiger partial charge in [-0.15, -0.1) is 0 Å². The van der Waals surface area contributed by atoms with Crippen LogP contribution in [0.25, 0.3) is 0 Å². The largest absolute Gasteiger partial charge is 0.442 e. The van der Waals surface area contributed by atoms with Gasteiger partial charge in [0.2, 0.25) is 5.91 Å². The van der Waals surface area contributed by atoms with Gasteiger partial charge in [0, 0.05) is 11.6 Å². The zero-order chi connectivity index (χ0) is 15.0. The van der Waals surface area contributed by atoms with Gasteiger partial charge in [-0.1, -0.05) is 6.07 Å². The third kappa shape index (κ3) is 3.17. The third-order valence-corrected chi connectivity index (χ3v) is 3.84. The zero-order valence-corrected chi connectivity index (χ0v) is 12.4. The van der Waals surface area contributed by atoms with Crippen LogP contribution in [0.5, 0.6) is 0 Å². The van der Waals surface area contributed by atoms with Crippen molar-refractivity contribution >= 4 is 17.7 Å². The first-order valence-electron chi connectivity index (χ1n) is 7.37. The minimum atomic E-state index is -0.342. The number of ether oxygens (including phenoxy) is 1. The Bertz CT molecular complexity index is 561. The molecule has 0 radical (unpaired) electrons.